The fourth-order valence-electron chi connectivity index (χ4n) is 3.23. The van der Waals surface area contributed by atoms with Gasteiger partial charge in [-0.3, -0.25) is 0 Å². The maximum absolute atomic E-state index is 7.02. The van der Waals surface area contributed by atoms with Gasteiger partial charge < -0.3 is 5.73 Å². The molecule has 124 valence electrons. The molecule has 0 aliphatic carbocycles. The molecule has 3 rings (SSSR count). The molecular weight excluding hydrogens is 415 g/mol. The summed E-state index contributed by atoms with van der Waals surface area (Å²) in [5.74, 6) is 0.435. The topological polar surface area (TPSA) is 29.3 Å². The Hall–Kier alpha value is -0.560. The van der Waals surface area contributed by atoms with Gasteiger partial charge in [-0.05, 0) is 26.7 Å². The number of rotatable bonds is 4. The maximum Gasteiger partial charge on any atom is 0.0707 e. The molecule has 0 amide bonds. The lowest BCUT2D eigenvalue weighted by Crippen LogP contribution is -2.46. The molecule has 23 heavy (non-hydrogen) atoms. The minimum atomic E-state index is -0.413. The van der Waals surface area contributed by atoms with E-state index < -0.39 is 5.54 Å². The second-order valence-electron chi connectivity index (χ2n) is 5.54. The first-order chi connectivity index (χ1) is 11.2. The van der Waals surface area contributed by atoms with Crippen LogP contribution in [-0.4, -0.2) is 17.4 Å². The largest absolute Gasteiger partial charge is 0.317 e. The molecule has 1 unspecified atom stereocenters. The van der Waals surface area contributed by atoms with Crippen molar-refractivity contribution in [3.05, 3.63) is 71.8 Å². The quantitative estimate of drug-likeness (QED) is 0.521. The van der Waals surface area contributed by atoms with Crippen LogP contribution >= 0.6 is 30.3 Å². The number of hydrogen-bond donors (Lipinski definition) is 1. The first kappa shape index (κ1) is 18.8. The van der Waals surface area contributed by atoms with Gasteiger partial charge in [0, 0.05) is 40.2 Å². The molecule has 1 aliphatic heterocycles. The number of nitrogens with zero attached hydrogens (tertiary/aromatic N) is 1. The van der Waals surface area contributed by atoms with Crippen LogP contribution < -0.4 is 5.73 Å². The number of hydrogen-bond acceptors (Lipinski definition) is 3. The zero-order valence-corrected chi connectivity index (χ0v) is 16.8. The average molecular weight is 440 g/mol. The summed E-state index contributed by atoms with van der Waals surface area (Å²) < 4.78 is 2.40. The van der Waals surface area contributed by atoms with Crippen LogP contribution in [0.1, 0.15) is 31.4 Å². The molecule has 0 radical (unpaired) electrons. The van der Waals surface area contributed by atoms with Crippen molar-refractivity contribution in [3.8, 4) is 0 Å². The minimum Gasteiger partial charge on any atom is -0.317 e. The molecule has 0 spiro atoms. The summed E-state index contributed by atoms with van der Waals surface area (Å²) >= 11 is 2.36. The minimum absolute atomic E-state index is 0.413. The van der Waals surface area contributed by atoms with Gasteiger partial charge in [-0.15, -0.1) is 0 Å². The van der Waals surface area contributed by atoms with Crippen LogP contribution in [0, 0.1) is 5.92 Å². The fourth-order valence-corrected chi connectivity index (χ4v) is 4.71. The van der Waals surface area contributed by atoms with Crippen molar-refractivity contribution in [2.45, 2.75) is 25.8 Å². The van der Waals surface area contributed by atoms with Crippen LogP contribution in [0.4, 0.5) is 0 Å². The Balaban J connectivity index is 0.000000924. The van der Waals surface area contributed by atoms with E-state index in [1.807, 2.05) is 13.8 Å². The molecule has 1 heterocycles. The van der Waals surface area contributed by atoms with Gasteiger partial charge in [-0.25, -0.2) is 4.31 Å². The van der Waals surface area contributed by atoms with Crippen LogP contribution in [0.15, 0.2) is 60.7 Å². The molecule has 1 atom stereocenters. The Morgan fingerprint density at radius 2 is 1.48 bits per heavy atom. The van der Waals surface area contributed by atoms with E-state index in [9.17, 15) is 0 Å². The molecule has 0 saturated carbocycles. The van der Waals surface area contributed by atoms with Crippen LogP contribution in [0.3, 0.4) is 0 Å². The Morgan fingerprint density at radius 3 is 1.87 bits per heavy atom. The first-order valence-electron chi connectivity index (χ1n) is 8.18. The van der Waals surface area contributed by atoms with E-state index in [4.69, 9.17) is 5.73 Å². The summed E-state index contributed by atoms with van der Waals surface area (Å²) in [6.45, 7) is 6.14. The number of halogens is 1. The van der Waals surface area contributed by atoms with Crippen molar-refractivity contribution in [3.63, 3.8) is 0 Å². The average Bonchev–Trinajstić information content (AvgIpc) is 3.14. The monoisotopic (exact) mass is 440 g/mol. The van der Waals surface area contributed by atoms with E-state index in [0.717, 1.165) is 19.5 Å². The summed E-state index contributed by atoms with van der Waals surface area (Å²) in [7, 11) is 1.79. The molecule has 0 aromatic heterocycles. The smallest absolute Gasteiger partial charge is 0.0707 e. The van der Waals surface area contributed by atoms with Gasteiger partial charge in [0.15, 0.2) is 0 Å². The fraction of sp³-hybridized carbons (Fsp3) is 0.368. The van der Waals surface area contributed by atoms with E-state index in [2.05, 4.69) is 86.2 Å². The zero-order valence-electron chi connectivity index (χ0n) is 13.8. The second-order valence-corrected chi connectivity index (χ2v) is 7.38. The second kappa shape index (κ2) is 9.06. The van der Waals surface area contributed by atoms with Gasteiger partial charge in [-0.1, -0.05) is 74.5 Å². The Morgan fingerprint density at radius 1 is 1.00 bits per heavy atom. The van der Waals surface area contributed by atoms with E-state index in [1.54, 1.807) is 9.12 Å². The SMILES string of the molecule is CC.NC(c1ccccc1)(c1ccccc1)C1CCN(SI)C1. The molecule has 2 aromatic rings. The summed E-state index contributed by atoms with van der Waals surface area (Å²) in [6, 6.07) is 21.1. The van der Waals surface area contributed by atoms with Gasteiger partial charge >= 0.3 is 0 Å². The third-order valence-corrected chi connectivity index (χ3v) is 6.59. The van der Waals surface area contributed by atoms with Crippen molar-refractivity contribution >= 4 is 30.3 Å². The Bertz CT molecular complexity index is 537. The zero-order chi connectivity index (χ0) is 16.7. The van der Waals surface area contributed by atoms with Crippen LogP contribution in [0.2, 0.25) is 0 Å². The predicted molar refractivity (Wildman–Crippen MR) is 110 cm³/mol. The third-order valence-electron chi connectivity index (χ3n) is 4.40. The highest BCUT2D eigenvalue weighted by Crippen LogP contribution is 2.41. The van der Waals surface area contributed by atoms with Crippen molar-refractivity contribution in [2.24, 2.45) is 11.7 Å². The predicted octanol–water partition coefficient (Wildman–Crippen LogP) is 5.24. The van der Waals surface area contributed by atoms with E-state index in [1.165, 1.54) is 11.1 Å². The van der Waals surface area contributed by atoms with Gasteiger partial charge in [0.25, 0.3) is 0 Å². The van der Waals surface area contributed by atoms with Crippen LogP contribution in [-0.2, 0) is 5.54 Å². The lowest BCUT2D eigenvalue weighted by atomic mass is 9.73. The normalized spacial score (nSPS) is 18.3. The van der Waals surface area contributed by atoms with E-state index in [-0.39, 0.29) is 0 Å². The Kier molecular flexibility index (Phi) is 7.40. The van der Waals surface area contributed by atoms with Gasteiger partial charge in [0.2, 0.25) is 0 Å². The van der Waals surface area contributed by atoms with E-state index >= 15 is 0 Å². The highest BCUT2D eigenvalue weighted by molar-refractivity contribution is 14.2. The van der Waals surface area contributed by atoms with Crippen molar-refractivity contribution in [1.29, 1.82) is 0 Å². The molecule has 1 saturated heterocycles. The van der Waals surface area contributed by atoms with E-state index in [0.29, 0.717) is 5.92 Å². The molecule has 2 aromatic carbocycles. The van der Waals surface area contributed by atoms with Crippen molar-refractivity contribution in [1.82, 2.24) is 4.31 Å². The van der Waals surface area contributed by atoms with Gasteiger partial charge in [0.05, 0.1) is 5.54 Å². The molecular formula is C19H25IN2S. The molecule has 1 fully saturated rings. The maximum atomic E-state index is 7.02. The van der Waals surface area contributed by atoms with Gasteiger partial charge in [-0.2, -0.15) is 0 Å². The summed E-state index contributed by atoms with van der Waals surface area (Å²) in [4.78, 5) is 0. The molecule has 0 bridgehead atoms. The molecule has 2 nitrogen and oxygen atoms in total. The molecule has 4 heteroatoms. The number of benzene rings is 2. The summed E-state index contributed by atoms with van der Waals surface area (Å²) in [6.07, 6.45) is 1.14. The molecule has 2 N–H and O–H groups in total. The highest BCUT2D eigenvalue weighted by Gasteiger charge is 2.41. The van der Waals surface area contributed by atoms with Crippen molar-refractivity contribution in [2.75, 3.05) is 13.1 Å². The third kappa shape index (κ3) is 4.10. The summed E-state index contributed by atoms with van der Waals surface area (Å²) in [5.41, 5.74) is 9.03. The standard InChI is InChI=1S/C17H19IN2S.C2H6/c18-21-20-12-11-16(13-20)17(19,14-7-3-1-4-8-14)15-9-5-2-6-10-15;1-2/h1-10,16H,11-13,19H2;1-2H3. The summed E-state index contributed by atoms with van der Waals surface area (Å²) in [5, 5.41) is 0. The molecule has 1 aliphatic rings. The van der Waals surface area contributed by atoms with Crippen LogP contribution in [0.25, 0.3) is 0 Å². The van der Waals surface area contributed by atoms with Crippen LogP contribution in [0.5, 0.6) is 0 Å². The lowest BCUT2D eigenvalue weighted by Gasteiger charge is -2.36. The first-order valence-corrected chi connectivity index (χ1v) is 11.5. The highest BCUT2D eigenvalue weighted by atomic mass is 127. The number of nitrogens with two attached hydrogens (primary N) is 1. The lowest BCUT2D eigenvalue weighted by molar-refractivity contribution is 0.342. The Labute approximate surface area is 156 Å². The van der Waals surface area contributed by atoms with Crippen molar-refractivity contribution < 1.29 is 0 Å². The van der Waals surface area contributed by atoms with Gasteiger partial charge in [0.1, 0.15) is 0 Å².